The number of nitrogens with zero attached hydrogens (tertiary/aromatic N) is 3. The van der Waals surface area contributed by atoms with Crippen LogP contribution in [0.2, 0.25) is 0 Å². The summed E-state index contributed by atoms with van der Waals surface area (Å²) in [5, 5.41) is 4.80. The van der Waals surface area contributed by atoms with Crippen LogP contribution in [-0.4, -0.2) is 15.0 Å². The Balaban J connectivity index is 1.02. The molecule has 0 unspecified atom stereocenters. The molecule has 0 fully saturated rings. The smallest absolute Gasteiger partial charge is 0.164 e. The highest BCUT2D eigenvalue weighted by molar-refractivity contribution is 7.25. The van der Waals surface area contributed by atoms with E-state index in [1.54, 1.807) is 0 Å². The van der Waals surface area contributed by atoms with Crippen molar-refractivity contribution in [2.45, 2.75) is 0 Å². The summed E-state index contributed by atoms with van der Waals surface area (Å²) in [6.45, 7) is 0. The first-order valence-corrected chi connectivity index (χ1v) is 19.5. The maximum Gasteiger partial charge on any atom is 0.164 e. The van der Waals surface area contributed by atoms with Crippen LogP contribution in [0.25, 0.3) is 110 Å². The Hall–Kier alpha value is -7.21. The molecule has 3 heterocycles. The van der Waals surface area contributed by atoms with Gasteiger partial charge in [-0.2, -0.15) is 0 Å². The van der Waals surface area contributed by atoms with E-state index >= 15 is 0 Å². The normalized spacial score (nSPS) is 11.6. The van der Waals surface area contributed by atoms with Gasteiger partial charge in [-0.25, -0.2) is 15.0 Å². The van der Waals surface area contributed by atoms with Crippen molar-refractivity contribution in [1.29, 1.82) is 0 Å². The Morgan fingerprint density at radius 1 is 0.339 bits per heavy atom. The molecule has 5 heteroatoms. The standard InChI is InChI=1S/C51H31N3OS/c1-3-12-32(13-4-1)36-16-11-17-38(30-36)51-53-49(34-14-5-2-6-15-34)52-50(54-51)35-24-22-33(23-25-35)40-28-27-39(47-42-19-7-9-20-44(42)55-48(40)47)37-26-29-46-43(31-37)41-18-8-10-21-45(41)56-46/h1-31H. The van der Waals surface area contributed by atoms with Crippen molar-refractivity contribution < 1.29 is 4.42 Å². The van der Waals surface area contributed by atoms with E-state index in [4.69, 9.17) is 19.4 Å². The number of furan rings is 1. The van der Waals surface area contributed by atoms with Gasteiger partial charge >= 0.3 is 0 Å². The second-order valence-corrected chi connectivity index (χ2v) is 15.1. The van der Waals surface area contributed by atoms with Gasteiger partial charge in [-0.05, 0) is 64.2 Å². The molecule has 0 atom stereocenters. The van der Waals surface area contributed by atoms with Gasteiger partial charge in [0, 0.05) is 53.2 Å². The van der Waals surface area contributed by atoms with Gasteiger partial charge in [0.15, 0.2) is 17.5 Å². The lowest BCUT2D eigenvalue weighted by atomic mass is 9.93. The Bertz CT molecular complexity index is 3240. The molecule has 11 aromatic rings. The molecule has 0 aliphatic carbocycles. The highest BCUT2D eigenvalue weighted by Crippen LogP contribution is 2.44. The lowest BCUT2D eigenvalue weighted by Crippen LogP contribution is -2.00. The summed E-state index contributed by atoms with van der Waals surface area (Å²) < 4.78 is 9.30. The summed E-state index contributed by atoms with van der Waals surface area (Å²) in [5.74, 6) is 1.88. The minimum absolute atomic E-state index is 0.617. The van der Waals surface area contributed by atoms with E-state index in [-0.39, 0.29) is 0 Å². The number of benzene rings is 8. The third-order valence-electron chi connectivity index (χ3n) is 10.6. The number of para-hydroxylation sites is 1. The third kappa shape index (κ3) is 5.56. The van der Waals surface area contributed by atoms with Crippen LogP contribution >= 0.6 is 11.3 Å². The van der Waals surface area contributed by atoms with Gasteiger partial charge in [0.1, 0.15) is 11.2 Å². The van der Waals surface area contributed by atoms with Crippen LogP contribution in [0.3, 0.4) is 0 Å². The first-order valence-electron chi connectivity index (χ1n) is 18.7. The van der Waals surface area contributed by atoms with Crippen LogP contribution in [0.4, 0.5) is 0 Å². The molecule has 262 valence electrons. The van der Waals surface area contributed by atoms with E-state index in [1.165, 1.54) is 25.7 Å². The fraction of sp³-hybridized carbons (Fsp3) is 0. The molecule has 0 spiro atoms. The van der Waals surface area contributed by atoms with Gasteiger partial charge in [0.25, 0.3) is 0 Å². The molecule has 0 aliphatic rings. The first kappa shape index (κ1) is 32.2. The highest BCUT2D eigenvalue weighted by Gasteiger charge is 2.19. The van der Waals surface area contributed by atoms with Crippen LogP contribution in [0, 0.1) is 0 Å². The molecule has 3 aromatic heterocycles. The lowest BCUT2D eigenvalue weighted by Gasteiger charge is -2.11. The largest absolute Gasteiger partial charge is 0.455 e. The second-order valence-electron chi connectivity index (χ2n) is 14.0. The van der Waals surface area contributed by atoms with Crippen molar-refractivity contribution in [1.82, 2.24) is 15.0 Å². The van der Waals surface area contributed by atoms with Crippen LogP contribution in [-0.2, 0) is 0 Å². The van der Waals surface area contributed by atoms with Gasteiger partial charge in [0.05, 0.1) is 0 Å². The van der Waals surface area contributed by atoms with Gasteiger partial charge in [-0.15, -0.1) is 11.3 Å². The molecular formula is C51H31N3OS. The third-order valence-corrected chi connectivity index (χ3v) is 11.7. The number of aromatic nitrogens is 3. The predicted molar refractivity (Wildman–Crippen MR) is 233 cm³/mol. The van der Waals surface area contributed by atoms with Crippen LogP contribution in [0.5, 0.6) is 0 Å². The van der Waals surface area contributed by atoms with Crippen LogP contribution < -0.4 is 0 Å². The summed E-state index contributed by atoms with van der Waals surface area (Å²) >= 11 is 1.84. The second kappa shape index (κ2) is 13.3. The van der Waals surface area contributed by atoms with Crippen molar-refractivity contribution >= 4 is 53.4 Å². The average molecular weight is 734 g/mol. The van der Waals surface area contributed by atoms with Gasteiger partial charge in [-0.3, -0.25) is 0 Å². The Morgan fingerprint density at radius 2 is 0.893 bits per heavy atom. The van der Waals surface area contributed by atoms with Crippen LogP contribution in [0.15, 0.2) is 192 Å². The SMILES string of the molecule is c1ccc(-c2cccc(-c3nc(-c4ccccc4)nc(-c4ccc(-c5ccc(-c6ccc7sc8ccccc8c7c6)c6c5oc5ccccc56)cc4)n3)c2)cc1. The molecule has 0 N–H and O–H groups in total. The van der Waals surface area contributed by atoms with E-state index in [9.17, 15) is 0 Å². The van der Waals surface area contributed by atoms with E-state index in [0.29, 0.717) is 17.5 Å². The molecule has 0 saturated heterocycles. The predicted octanol–water partition coefficient (Wildman–Crippen LogP) is 14.1. The number of rotatable bonds is 6. The Morgan fingerprint density at radius 3 is 1.68 bits per heavy atom. The summed E-state index contributed by atoms with van der Waals surface area (Å²) in [6, 6.07) is 65.6. The van der Waals surface area contributed by atoms with Crippen molar-refractivity contribution in [3.8, 4) is 67.5 Å². The zero-order chi connectivity index (χ0) is 37.0. The van der Waals surface area contributed by atoms with Crippen LogP contribution in [0.1, 0.15) is 0 Å². The zero-order valence-electron chi connectivity index (χ0n) is 30.1. The number of hydrogen-bond acceptors (Lipinski definition) is 5. The molecule has 4 nitrogen and oxygen atoms in total. The van der Waals surface area contributed by atoms with Crippen molar-refractivity contribution in [2.75, 3.05) is 0 Å². The van der Waals surface area contributed by atoms with Crippen molar-refractivity contribution in [3.05, 3.63) is 188 Å². The quantitative estimate of drug-likeness (QED) is 0.171. The summed E-state index contributed by atoms with van der Waals surface area (Å²) in [4.78, 5) is 15.0. The molecule has 0 amide bonds. The molecule has 11 rings (SSSR count). The fourth-order valence-electron chi connectivity index (χ4n) is 7.81. The monoisotopic (exact) mass is 733 g/mol. The minimum Gasteiger partial charge on any atom is -0.455 e. The first-order chi connectivity index (χ1) is 27.7. The minimum atomic E-state index is 0.617. The summed E-state index contributed by atoms with van der Waals surface area (Å²) in [6.07, 6.45) is 0. The lowest BCUT2D eigenvalue weighted by molar-refractivity contribution is 0.670. The number of thiophene rings is 1. The highest BCUT2D eigenvalue weighted by atomic mass is 32.1. The average Bonchev–Trinajstić information content (AvgIpc) is 3.85. The molecule has 0 radical (unpaired) electrons. The molecular weight excluding hydrogens is 703 g/mol. The zero-order valence-corrected chi connectivity index (χ0v) is 30.9. The number of fused-ring (bicyclic) bond motifs is 6. The Kier molecular flexibility index (Phi) is 7.64. The summed E-state index contributed by atoms with van der Waals surface area (Å²) in [7, 11) is 0. The van der Waals surface area contributed by atoms with E-state index < -0.39 is 0 Å². The van der Waals surface area contributed by atoms with E-state index in [0.717, 1.165) is 66.4 Å². The Labute approximate surface area is 327 Å². The molecule has 0 saturated carbocycles. The number of hydrogen-bond donors (Lipinski definition) is 0. The maximum absolute atomic E-state index is 6.70. The maximum atomic E-state index is 6.70. The molecule has 0 aliphatic heterocycles. The van der Waals surface area contributed by atoms with E-state index in [1.807, 2.05) is 53.8 Å². The molecule has 8 aromatic carbocycles. The van der Waals surface area contributed by atoms with Gasteiger partial charge in [-0.1, -0.05) is 152 Å². The van der Waals surface area contributed by atoms with Gasteiger partial charge < -0.3 is 4.42 Å². The topological polar surface area (TPSA) is 51.8 Å². The van der Waals surface area contributed by atoms with Crippen molar-refractivity contribution in [3.63, 3.8) is 0 Å². The van der Waals surface area contributed by atoms with E-state index in [2.05, 4.69) is 146 Å². The van der Waals surface area contributed by atoms with Gasteiger partial charge in [0.2, 0.25) is 0 Å². The summed E-state index contributed by atoms with van der Waals surface area (Å²) in [5.41, 5.74) is 11.2. The molecule has 0 bridgehead atoms. The van der Waals surface area contributed by atoms with Crippen molar-refractivity contribution in [2.24, 2.45) is 0 Å². The fourth-order valence-corrected chi connectivity index (χ4v) is 8.89. The molecule has 56 heavy (non-hydrogen) atoms.